The van der Waals surface area contributed by atoms with Crippen molar-refractivity contribution in [2.75, 3.05) is 13.2 Å². The zero-order valence-corrected chi connectivity index (χ0v) is 12.6. The summed E-state index contributed by atoms with van der Waals surface area (Å²) in [5, 5.41) is 2.91. The van der Waals surface area contributed by atoms with Gasteiger partial charge in [-0.3, -0.25) is 4.79 Å². The van der Waals surface area contributed by atoms with Crippen molar-refractivity contribution >= 4 is 16.9 Å². The van der Waals surface area contributed by atoms with Crippen LogP contribution in [0.5, 0.6) is 0 Å². The van der Waals surface area contributed by atoms with Gasteiger partial charge in [-0.1, -0.05) is 0 Å². The van der Waals surface area contributed by atoms with Gasteiger partial charge in [0.25, 0.3) is 5.91 Å². The first-order valence-corrected chi connectivity index (χ1v) is 7.63. The molecular weight excluding hydrogens is 285 g/mol. The van der Waals surface area contributed by atoms with Crippen LogP contribution in [0.15, 0.2) is 18.2 Å². The number of ether oxygens (including phenoxy) is 1. The summed E-state index contributed by atoms with van der Waals surface area (Å²) in [6.07, 6.45) is 3.17. The molecule has 0 saturated carbocycles. The molecule has 0 unspecified atom stereocenters. The smallest absolute Gasteiger partial charge is 0.251 e. The predicted octanol–water partition coefficient (Wildman–Crippen LogP) is 2.32. The molecular formula is C16H20FN3O2. The number of halogens is 1. The molecule has 1 atom stereocenters. The zero-order valence-electron chi connectivity index (χ0n) is 12.6. The summed E-state index contributed by atoms with van der Waals surface area (Å²) in [7, 11) is 0. The lowest BCUT2D eigenvalue weighted by atomic mass is 10.0. The lowest BCUT2D eigenvalue weighted by Gasteiger charge is -2.21. The van der Waals surface area contributed by atoms with Crippen LogP contribution in [0.4, 0.5) is 4.39 Å². The molecule has 1 fully saturated rings. The van der Waals surface area contributed by atoms with Crippen LogP contribution in [0.1, 0.15) is 32.0 Å². The second-order valence-corrected chi connectivity index (χ2v) is 5.89. The Morgan fingerprint density at radius 1 is 1.55 bits per heavy atom. The highest BCUT2D eigenvalue weighted by Gasteiger charge is 2.37. The number of aromatic nitrogens is 2. The normalized spacial score (nSPS) is 21.4. The number of aromatic amines is 1. The SMILES string of the molecule is C[C@]1(C(=O)NCCCc2nc3ccc(F)cc3[nH]2)CCCO1. The van der Waals surface area contributed by atoms with Gasteiger partial charge in [0, 0.05) is 19.6 Å². The van der Waals surface area contributed by atoms with Gasteiger partial charge in [0.1, 0.15) is 17.2 Å². The number of benzene rings is 1. The number of nitrogens with one attached hydrogen (secondary N) is 2. The van der Waals surface area contributed by atoms with Gasteiger partial charge in [-0.25, -0.2) is 9.37 Å². The van der Waals surface area contributed by atoms with Gasteiger partial charge in [-0.2, -0.15) is 0 Å². The summed E-state index contributed by atoms with van der Waals surface area (Å²) in [5.74, 6) is 0.481. The number of carbonyl (C=O) groups is 1. The van der Waals surface area contributed by atoms with E-state index in [0.717, 1.165) is 30.6 Å². The molecule has 6 heteroatoms. The van der Waals surface area contributed by atoms with E-state index in [1.54, 1.807) is 6.07 Å². The molecule has 2 N–H and O–H groups in total. The summed E-state index contributed by atoms with van der Waals surface area (Å²) in [4.78, 5) is 19.6. The molecule has 1 aromatic heterocycles. The fraction of sp³-hybridized carbons (Fsp3) is 0.500. The molecule has 1 saturated heterocycles. The van der Waals surface area contributed by atoms with E-state index in [-0.39, 0.29) is 11.7 Å². The lowest BCUT2D eigenvalue weighted by Crippen LogP contribution is -2.44. The van der Waals surface area contributed by atoms with Crippen LogP contribution in [0, 0.1) is 5.82 Å². The zero-order chi connectivity index (χ0) is 15.6. The third-order valence-corrected chi connectivity index (χ3v) is 4.07. The summed E-state index contributed by atoms with van der Waals surface area (Å²) < 4.78 is 18.6. The molecule has 0 spiro atoms. The topological polar surface area (TPSA) is 67.0 Å². The van der Waals surface area contributed by atoms with Gasteiger partial charge in [-0.05, 0) is 44.4 Å². The number of rotatable bonds is 5. The molecule has 1 aliphatic rings. The summed E-state index contributed by atoms with van der Waals surface area (Å²) in [6.45, 7) is 3.06. The first kappa shape index (κ1) is 15.0. The quantitative estimate of drug-likeness (QED) is 0.833. The second-order valence-electron chi connectivity index (χ2n) is 5.89. The van der Waals surface area contributed by atoms with E-state index in [1.807, 2.05) is 6.92 Å². The summed E-state index contributed by atoms with van der Waals surface area (Å²) in [6, 6.07) is 4.49. The van der Waals surface area contributed by atoms with Crippen LogP contribution >= 0.6 is 0 Å². The summed E-state index contributed by atoms with van der Waals surface area (Å²) in [5.41, 5.74) is 0.787. The molecule has 118 valence electrons. The standard InChI is InChI=1S/C16H20FN3O2/c1-16(7-3-9-22-16)15(21)18-8-2-4-14-19-12-6-5-11(17)10-13(12)20-14/h5-6,10H,2-4,7-9H2,1H3,(H,18,21)(H,19,20)/t16-/m1/s1. The third kappa shape index (κ3) is 3.11. The van der Waals surface area contributed by atoms with Gasteiger partial charge >= 0.3 is 0 Å². The molecule has 1 aromatic carbocycles. The van der Waals surface area contributed by atoms with Crippen molar-refractivity contribution in [3.05, 3.63) is 29.8 Å². The molecule has 0 bridgehead atoms. The number of nitrogens with zero attached hydrogens (tertiary/aromatic N) is 1. The van der Waals surface area contributed by atoms with Crippen molar-refractivity contribution < 1.29 is 13.9 Å². The monoisotopic (exact) mass is 305 g/mol. The number of amides is 1. The van der Waals surface area contributed by atoms with Crippen LogP contribution in [-0.4, -0.2) is 34.6 Å². The van der Waals surface area contributed by atoms with Crippen molar-refractivity contribution in [3.8, 4) is 0 Å². The second kappa shape index (κ2) is 6.04. The van der Waals surface area contributed by atoms with Gasteiger partial charge in [0.2, 0.25) is 0 Å². The highest BCUT2D eigenvalue weighted by atomic mass is 19.1. The van der Waals surface area contributed by atoms with Crippen LogP contribution in [0.2, 0.25) is 0 Å². The fourth-order valence-electron chi connectivity index (χ4n) is 2.76. The highest BCUT2D eigenvalue weighted by molar-refractivity contribution is 5.84. The van der Waals surface area contributed by atoms with Gasteiger partial charge < -0.3 is 15.0 Å². The van der Waals surface area contributed by atoms with Crippen LogP contribution in [-0.2, 0) is 16.0 Å². The Kier molecular flexibility index (Phi) is 4.11. The minimum atomic E-state index is -0.670. The number of hydrogen-bond donors (Lipinski definition) is 2. The Bertz CT molecular complexity index is 677. The first-order chi connectivity index (χ1) is 10.6. The van der Waals surface area contributed by atoms with Gasteiger partial charge in [0.05, 0.1) is 11.0 Å². The number of carbonyl (C=O) groups excluding carboxylic acids is 1. The first-order valence-electron chi connectivity index (χ1n) is 7.63. The molecule has 22 heavy (non-hydrogen) atoms. The molecule has 1 aliphatic heterocycles. The van der Waals surface area contributed by atoms with Crippen molar-refractivity contribution in [1.82, 2.24) is 15.3 Å². The van der Waals surface area contributed by atoms with Gasteiger partial charge in [-0.15, -0.1) is 0 Å². The van der Waals surface area contributed by atoms with Crippen LogP contribution < -0.4 is 5.32 Å². The Morgan fingerprint density at radius 3 is 3.18 bits per heavy atom. The third-order valence-electron chi connectivity index (χ3n) is 4.07. The molecule has 2 heterocycles. The molecule has 3 rings (SSSR count). The molecule has 1 amide bonds. The highest BCUT2D eigenvalue weighted by Crippen LogP contribution is 2.24. The summed E-state index contributed by atoms with van der Waals surface area (Å²) >= 11 is 0. The minimum absolute atomic E-state index is 0.0447. The number of aryl methyl sites for hydroxylation is 1. The molecule has 0 aliphatic carbocycles. The fourth-order valence-corrected chi connectivity index (χ4v) is 2.76. The average molecular weight is 305 g/mol. The Labute approximate surface area is 128 Å². The maximum Gasteiger partial charge on any atom is 0.251 e. The largest absolute Gasteiger partial charge is 0.365 e. The predicted molar refractivity (Wildman–Crippen MR) is 81.0 cm³/mol. The number of fused-ring (bicyclic) bond motifs is 1. The lowest BCUT2D eigenvalue weighted by molar-refractivity contribution is -0.139. The Hall–Kier alpha value is -1.95. The van der Waals surface area contributed by atoms with E-state index in [1.165, 1.54) is 12.1 Å². The van der Waals surface area contributed by atoms with Crippen molar-refractivity contribution in [2.24, 2.45) is 0 Å². The van der Waals surface area contributed by atoms with E-state index in [0.29, 0.717) is 25.1 Å². The van der Waals surface area contributed by atoms with E-state index in [9.17, 15) is 9.18 Å². The molecule has 2 aromatic rings. The average Bonchev–Trinajstić information content (AvgIpc) is 3.09. The Balaban J connectivity index is 1.49. The van der Waals surface area contributed by atoms with Crippen LogP contribution in [0.25, 0.3) is 11.0 Å². The van der Waals surface area contributed by atoms with E-state index >= 15 is 0 Å². The van der Waals surface area contributed by atoms with Crippen molar-refractivity contribution in [3.63, 3.8) is 0 Å². The molecule has 0 radical (unpaired) electrons. The Morgan fingerprint density at radius 2 is 2.41 bits per heavy atom. The van der Waals surface area contributed by atoms with Crippen molar-refractivity contribution in [2.45, 2.75) is 38.2 Å². The van der Waals surface area contributed by atoms with Gasteiger partial charge in [0.15, 0.2) is 0 Å². The van der Waals surface area contributed by atoms with E-state index in [4.69, 9.17) is 4.74 Å². The maximum atomic E-state index is 13.1. The number of hydrogen-bond acceptors (Lipinski definition) is 3. The number of imidazole rings is 1. The molecule has 5 nitrogen and oxygen atoms in total. The number of H-pyrrole nitrogens is 1. The van der Waals surface area contributed by atoms with E-state index in [2.05, 4.69) is 15.3 Å². The van der Waals surface area contributed by atoms with Crippen LogP contribution in [0.3, 0.4) is 0 Å². The minimum Gasteiger partial charge on any atom is -0.365 e. The maximum absolute atomic E-state index is 13.1. The van der Waals surface area contributed by atoms with Crippen molar-refractivity contribution in [1.29, 1.82) is 0 Å². The van der Waals surface area contributed by atoms with E-state index < -0.39 is 5.60 Å².